The number of likely N-dealkylation sites (tertiary alicyclic amines) is 1. The molecule has 1 saturated carbocycles. The Hall–Kier alpha value is -1.71. The van der Waals surface area contributed by atoms with Crippen molar-refractivity contribution >= 4 is 6.09 Å². The van der Waals surface area contributed by atoms with Crippen molar-refractivity contribution in [1.29, 1.82) is 0 Å². The summed E-state index contributed by atoms with van der Waals surface area (Å²) in [4.78, 5) is 15.1. The van der Waals surface area contributed by atoms with E-state index in [1.807, 2.05) is 37.8 Å². The molecule has 156 valence electrons. The van der Waals surface area contributed by atoms with Gasteiger partial charge in [-0.1, -0.05) is 38.8 Å². The minimum atomic E-state index is -0.476. The van der Waals surface area contributed by atoms with Crippen molar-refractivity contribution in [1.82, 2.24) is 4.90 Å². The van der Waals surface area contributed by atoms with Crippen molar-refractivity contribution in [2.45, 2.75) is 84.8 Å². The van der Waals surface area contributed by atoms with Gasteiger partial charge in [0.15, 0.2) is 0 Å². The second-order valence-electron chi connectivity index (χ2n) is 10.2. The number of fused-ring (bicyclic) bond motifs is 1. The largest absolute Gasteiger partial charge is 0.497 e. The lowest BCUT2D eigenvalue weighted by molar-refractivity contribution is -0.108. The first kappa shape index (κ1) is 21.0. The van der Waals surface area contributed by atoms with E-state index in [9.17, 15) is 4.79 Å². The summed E-state index contributed by atoms with van der Waals surface area (Å²) in [6.45, 7) is 11.5. The Balaban J connectivity index is 1.93. The van der Waals surface area contributed by atoms with Crippen molar-refractivity contribution in [2.24, 2.45) is 10.8 Å². The fourth-order valence-electron chi connectivity index (χ4n) is 5.30. The highest BCUT2D eigenvalue weighted by atomic mass is 16.6. The molecule has 1 aliphatic heterocycles. The fourth-order valence-corrected chi connectivity index (χ4v) is 5.30. The number of hydrogen-bond donors (Lipinski definition) is 0. The van der Waals surface area contributed by atoms with Gasteiger partial charge < -0.3 is 14.4 Å². The van der Waals surface area contributed by atoms with Gasteiger partial charge in [-0.15, -0.1) is 0 Å². The second-order valence-corrected chi connectivity index (χ2v) is 10.2. The molecule has 1 aromatic carbocycles. The number of hydrogen-bond acceptors (Lipinski definition) is 3. The van der Waals surface area contributed by atoms with E-state index in [0.29, 0.717) is 0 Å². The van der Waals surface area contributed by atoms with Gasteiger partial charge in [-0.25, -0.2) is 4.79 Å². The van der Waals surface area contributed by atoms with Crippen LogP contribution in [0.5, 0.6) is 5.75 Å². The number of piperidine rings is 1. The third kappa shape index (κ3) is 4.01. The molecule has 1 aliphatic carbocycles. The molecular weight excluding hydrogens is 350 g/mol. The lowest BCUT2D eigenvalue weighted by Crippen LogP contribution is -2.63. The summed E-state index contributed by atoms with van der Waals surface area (Å²) >= 11 is 0. The first-order valence-electron chi connectivity index (χ1n) is 10.7. The Bertz CT molecular complexity index is 693. The number of benzene rings is 1. The van der Waals surface area contributed by atoms with Gasteiger partial charge >= 0.3 is 6.09 Å². The highest BCUT2D eigenvalue weighted by Gasteiger charge is 2.56. The third-order valence-electron chi connectivity index (χ3n) is 7.29. The first-order chi connectivity index (χ1) is 13.1. The smallest absolute Gasteiger partial charge is 0.410 e. The summed E-state index contributed by atoms with van der Waals surface area (Å²) in [5, 5.41) is 0. The molecule has 2 aliphatic rings. The Morgan fingerprint density at radius 3 is 2.36 bits per heavy atom. The van der Waals surface area contributed by atoms with Crippen LogP contribution in [0.2, 0.25) is 0 Å². The Kier molecular flexibility index (Phi) is 5.71. The molecule has 0 spiro atoms. The average molecular weight is 388 g/mol. The standard InChI is InChI=1S/C24H37NO3/c1-22(2,3)28-21(26)25-16-15-23(4)13-7-8-14-24(23,5)20(25)17-18-9-11-19(27-6)12-10-18/h9-12,20H,7-8,13-17H2,1-6H3. The number of carbonyl (C=O) groups excluding carboxylic acids is 1. The molecule has 4 heteroatoms. The highest BCUT2D eigenvalue weighted by molar-refractivity contribution is 5.69. The van der Waals surface area contributed by atoms with Crippen LogP contribution in [0.15, 0.2) is 24.3 Å². The zero-order valence-corrected chi connectivity index (χ0v) is 18.5. The second kappa shape index (κ2) is 7.61. The molecule has 0 bridgehead atoms. The summed E-state index contributed by atoms with van der Waals surface area (Å²) in [6, 6.07) is 8.43. The molecule has 1 amide bonds. The van der Waals surface area contributed by atoms with Crippen LogP contribution in [0, 0.1) is 10.8 Å². The first-order valence-corrected chi connectivity index (χ1v) is 10.7. The molecule has 0 aromatic heterocycles. The van der Waals surface area contributed by atoms with Crippen molar-refractivity contribution in [3.05, 3.63) is 29.8 Å². The molecule has 1 saturated heterocycles. The predicted molar refractivity (Wildman–Crippen MR) is 113 cm³/mol. The maximum absolute atomic E-state index is 13.1. The minimum absolute atomic E-state index is 0.0976. The lowest BCUT2D eigenvalue weighted by Gasteiger charge is -2.60. The van der Waals surface area contributed by atoms with Crippen LogP contribution in [-0.4, -0.2) is 36.3 Å². The zero-order valence-electron chi connectivity index (χ0n) is 18.5. The van der Waals surface area contributed by atoms with E-state index in [1.165, 1.54) is 31.2 Å². The van der Waals surface area contributed by atoms with Crippen LogP contribution in [0.25, 0.3) is 0 Å². The number of amides is 1. The van der Waals surface area contributed by atoms with Gasteiger partial charge in [0.25, 0.3) is 0 Å². The molecular formula is C24H37NO3. The molecule has 3 unspecified atom stereocenters. The van der Waals surface area contributed by atoms with E-state index in [-0.39, 0.29) is 23.0 Å². The van der Waals surface area contributed by atoms with Gasteiger partial charge in [0.05, 0.1) is 7.11 Å². The summed E-state index contributed by atoms with van der Waals surface area (Å²) < 4.78 is 11.1. The van der Waals surface area contributed by atoms with E-state index in [4.69, 9.17) is 9.47 Å². The molecule has 0 radical (unpaired) electrons. The van der Waals surface area contributed by atoms with Gasteiger partial charge in [-0.2, -0.15) is 0 Å². The molecule has 0 N–H and O–H groups in total. The topological polar surface area (TPSA) is 38.8 Å². The molecule has 4 nitrogen and oxygen atoms in total. The summed E-state index contributed by atoms with van der Waals surface area (Å²) in [5.74, 6) is 0.866. The summed E-state index contributed by atoms with van der Waals surface area (Å²) in [7, 11) is 1.69. The van der Waals surface area contributed by atoms with E-state index >= 15 is 0 Å². The van der Waals surface area contributed by atoms with Crippen molar-refractivity contribution in [3.8, 4) is 5.75 Å². The Morgan fingerprint density at radius 1 is 1.11 bits per heavy atom. The normalized spacial score (nSPS) is 30.5. The summed E-state index contributed by atoms with van der Waals surface area (Å²) in [6.07, 6.45) is 6.71. The van der Waals surface area contributed by atoms with Crippen molar-refractivity contribution < 1.29 is 14.3 Å². The predicted octanol–water partition coefficient (Wildman–Crippen LogP) is 5.83. The molecule has 3 atom stereocenters. The highest BCUT2D eigenvalue weighted by Crippen LogP contribution is 2.58. The van der Waals surface area contributed by atoms with Gasteiger partial charge in [0.1, 0.15) is 11.4 Å². The van der Waals surface area contributed by atoms with Crippen molar-refractivity contribution in [2.75, 3.05) is 13.7 Å². The van der Waals surface area contributed by atoms with Gasteiger partial charge in [0.2, 0.25) is 0 Å². The minimum Gasteiger partial charge on any atom is -0.497 e. The SMILES string of the molecule is COc1ccc(CC2N(C(=O)OC(C)(C)C)CCC3(C)CCCCC23C)cc1. The van der Waals surface area contributed by atoms with E-state index < -0.39 is 5.60 Å². The number of rotatable bonds is 3. The zero-order chi connectivity index (χ0) is 20.6. The maximum atomic E-state index is 13.1. The van der Waals surface area contributed by atoms with E-state index in [0.717, 1.165) is 25.1 Å². The summed E-state index contributed by atoms with van der Waals surface area (Å²) in [5.41, 5.74) is 1.15. The van der Waals surface area contributed by atoms with Gasteiger partial charge in [-0.05, 0) is 75.0 Å². The van der Waals surface area contributed by atoms with Crippen molar-refractivity contribution in [3.63, 3.8) is 0 Å². The Labute approximate surface area is 170 Å². The number of methoxy groups -OCH3 is 1. The Morgan fingerprint density at radius 2 is 1.75 bits per heavy atom. The molecule has 3 rings (SSSR count). The maximum Gasteiger partial charge on any atom is 0.410 e. The number of carbonyl (C=O) groups is 1. The number of ether oxygens (including phenoxy) is 2. The van der Waals surface area contributed by atoms with Crippen LogP contribution < -0.4 is 4.74 Å². The monoisotopic (exact) mass is 387 g/mol. The van der Waals surface area contributed by atoms with Crippen LogP contribution in [0.1, 0.15) is 72.3 Å². The molecule has 28 heavy (non-hydrogen) atoms. The molecule has 1 aromatic rings. The van der Waals surface area contributed by atoms with Crippen LogP contribution in [0.3, 0.4) is 0 Å². The van der Waals surface area contributed by atoms with Crippen LogP contribution >= 0.6 is 0 Å². The fraction of sp³-hybridized carbons (Fsp3) is 0.708. The third-order valence-corrected chi connectivity index (χ3v) is 7.29. The van der Waals surface area contributed by atoms with E-state index in [2.05, 4.69) is 26.0 Å². The van der Waals surface area contributed by atoms with Crippen LogP contribution in [0.4, 0.5) is 4.79 Å². The van der Waals surface area contributed by atoms with Gasteiger partial charge in [-0.3, -0.25) is 0 Å². The van der Waals surface area contributed by atoms with Crippen LogP contribution in [-0.2, 0) is 11.2 Å². The quantitative estimate of drug-likeness (QED) is 0.654. The molecule has 2 fully saturated rings. The van der Waals surface area contributed by atoms with Gasteiger partial charge in [0, 0.05) is 12.6 Å². The lowest BCUT2D eigenvalue weighted by atomic mass is 9.51. The van der Waals surface area contributed by atoms with E-state index in [1.54, 1.807) is 7.11 Å². The average Bonchev–Trinajstić information content (AvgIpc) is 2.62. The number of nitrogens with zero attached hydrogens (tertiary/aromatic N) is 1. The molecule has 1 heterocycles.